The van der Waals surface area contributed by atoms with Gasteiger partial charge in [0.25, 0.3) is 15.9 Å². The zero-order valence-electron chi connectivity index (χ0n) is 18.4. The van der Waals surface area contributed by atoms with Crippen molar-refractivity contribution >= 4 is 43.2 Å². The van der Waals surface area contributed by atoms with Crippen molar-refractivity contribution in [3.8, 4) is 5.75 Å². The third-order valence-corrected chi connectivity index (χ3v) is 8.04. The molecule has 0 spiro atoms. The number of hydrogen-bond donors (Lipinski definition) is 0. The number of rotatable bonds is 7. The summed E-state index contributed by atoms with van der Waals surface area (Å²) in [5.74, 6) is 0.353. The fraction of sp³-hybridized carbons (Fsp3) is 0.167. The highest BCUT2D eigenvalue weighted by Crippen LogP contribution is 2.26. The molecule has 0 aliphatic heterocycles. The van der Waals surface area contributed by atoms with Crippen LogP contribution >= 0.6 is 11.3 Å². The minimum absolute atomic E-state index is 0.0417. The number of carbonyl (C=O) groups is 1. The molecule has 0 bridgehead atoms. The minimum Gasteiger partial charge on any atom is -0.497 e. The molecule has 1 amide bonds. The first-order chi connectivity index (χ1) is 15.8. The summed E-state index contributed by atoms with van der Waals surface area (Å²) in [5.41, 5.74) is 1.68. The van der Waals surface area contributed by atoms with E-state index in [1.807, 2.05) is 24.3 Å². The average Bonchev–Trinajstić information content (AvgIpc) is 3.25. The molecule has 0 aliphatic rings. The van der Waals surface area contributed by atoms with E-state index in [1.54, 1.807) is 50.6 Å². The number of methoxy groups -OCH3 is 1. The summed E-state index contributed by atoms with van der Waals surface area (Å²) < 4.78 is 33.7. The van der Waals surface area contributed by atoms with Gasteiger partial charge < -0.3 is 9.64 Å². The van der Waals surface area contributed by atoms with Crippen molar-refractivity contribution in [2.24, 2.45) is 0 Å². The zero-order chi connectivity index (χ0) is 23.6. The molecule has 0 unspecified atom stereocenters. The number of aromatic nitrogens is 1. The number of para-hydroxylation sites is 1. The Morgan fingerprint density at radius 2 is 1.73 bits per heavy atom. The van der Waals surface area contributed by atoms with Gasteiger partial charge in [-0.1, -0.05) is 18.2 Å². The van der Waals surface area contributed by atoms with Gasteiger partial charge >= 0.3 is 0 Å². The number of thiazole rings is 1. The van der Waals surface area contributed by atoms with E-state index in [0.29, 0.717) is 23.5 Å². The van der Waals surface area contributed by atoms with Crippen molar-refractivity contribution in [1.82, 2.24) is 9.88 Å². The molecule has 9 heteroatoms. The third kappa shape index (κ3) is 4.69. The van der Waals surface area contributed by atoms with Crippen molar-refractivity contribution in [2.45, 2.75) is 11.4 Å². The maximum Gasteiger partial charge on any atom is 0.264 e. The topological polar surface area (TPSA) is 79.8 Å². The van der Waals surface area contributed by atoms with Crippen LogP contribution in [0.4, 0.5) is 5.69 Å². The van der Waals surface area contributed by atoms with Crippen molar-refractivity contribution < 1.29 is 17.9 Å². The van der Waals surface area contributed by atoms with Gasteiger partial charge in [0, 0.05) is 19.7 Å². The van der Waals surface area contributed by atoms with Crippen LogP contribution in [0.3, 0.4) is 0 Å². The van der Waals surface area contributed by atoms with Crippen molar-refractivity contribution in [3.63, 3.8) is 0 Å². The predicted octanol–water partition coefficient (Wildman–Crippen LogP) is 4.40. The van der Waals surface area contributed by atoms with Crippen LogP contribution in [-0.2, 0) is 16.6 Å². The van der Waals surface area contributed by atoms with E-state index in [4.69, 9.17) is 4.74 Å². The zero-order valence-corrected chi connectivity index (χ0v) is 20.1. The lowest BCUT2D eigenvalue weighted by molar-refractivity contribution is 0.0785. The Bertz CT molecular complexity index is 1370. The SMILES string of the molecule is COc1ccc(N(C)S(=O)(=O)c2cccc(C(=O)N(C)Cc3nc4ccccc4s3)c2)cc1. The Morgan fingerprint density at radius 3 is 2.42 bits per heavy atom. The van der Waals surface area contributed by atoms with Crippen LogP contribution in [0.2, 0.25) is 0 Å². The normalized spacial score (nSPS) is 11.4. The van der Waals surface area contributed by atoms with Crippen LogP contribution in [0.15, 0.2) is 77.7 Å². The molecule has 1 aromatic heterocycles. The number of hydrogen-bond acceptors (Lipinski definition) is 6. The number of nitrogens with zero attached hydrogens (tertiary/aromatic N) is 3. The summed E-state index contributed by atoms with van der Waals surface area (Å²) in [7, 11) is 0.846. The fourth-order valence-electron chi connectivity index (χ4n) is 3.36. The Hall–Kier alpha value is -3.43. The van der Waals surface area contributed by atoms with Gasteiger partial charge in [-0.25, -0.2) is 13.4 Å². The lowest BCUT2D eigenvalue weighted by Crippen LogP contribution is -2.28. The first-order valence-corrected chi connectivity index (χ1v) is 12.4. The molecular formula is C24H23N3O4S2. The van der Waals surface area contributed by atoms with Gasteiger partial charge in [0.15, 0.2) is 0 Å². The molecule has 0 radical (unpaired) electrons. The number of amides is 1. The van der Waals surface area contributed by atoms with E-state index in [1.165, 1.54) is 39.7 Å². The van der Waals surface area contributed by atoms with Crippen LogP contribution in [0, 0.1) is 0 Å². The monoisotopic (exact) mass is 481 g/mol. The Balaban J connectivity index is 1.54. The fourth-order valence-corrected chi connectivity index (χ4v) is 5.62. The summed E-state index contributed by atoms with van der Waals surface area (Å²) in [6.45, 7) is 0.334. The van der Waals surface area contributed by atoms with Crippen molar-refractivity contribution in [3.05, 3.63) is 83.4 Å². The van der Waals surface area contributed by atoms with E-state index in [0.717, 1.165) is 15.2 Å². The Labute approximate surface area is 196 Å². The molecule has 0 N–H and O–H groups in total. The highest BCUT2D eigenvalue weighted by molar-refractivity contribution is 7.92. The van der Waals surface area contributed by atoms with Crippen LogP contribution in [-0.4, -0.2) is 45.4 Å². The number of carbonyl (C=O) groups excluding carboxylic acids is 1. The van der Waals surface area contributed by atoms with Gasteiger partial charge in [-0.05, 0) is 54.6 Å². The summed E-state index contributed by atoms with van der Waals surface area (Å²) in [6.07, 6.45) is 0. The van der Waals surface area contributed by atoms with Crippen molar-refractivity contribution in [1.29, 1.82) is 0 Å². The van der Waals surface area contributed by atoms with E-state index >= 15 is 0 Å². The molecule has 0 fully saturated rings. The van der Waals surface area contributed by atoms with Crippen LogP contribution in [0.1, 0.15) is 15.4 Å². The molecule has 0 aliphatic carbocycles. The maximum absolute atomic E-state index is 13.2. The quantitative estimate of drug-likeness (QED) is 0.391. The largest absolute Gasteiger partial charge is 0.497 e. The summed E-state index contributed by atoms with van der Waals surface area (Å²) in [6, 6.07) is 20.6. The maximum atomic E-state index is 13.2. The van der Waals surface area contributed by atoms with E-state index in [-0.39, 0.29) is 10.8 Å². The number of benzene rings is 3. The molecule has 7 nitrogen and oxygen atoms in total. The number of anilines is 1. The lowest BCUT2D eigenvalue weighted by atomic mass is 10.2. The molecule has 0 atom stereocenters. The number of ether oxygens (including phenoxy) is 1. The van der Waals surface area contributed by atoms with Crippen LogP contribution in [0.25, 0.3) is 10.2 Å². The predicted molar refractivity (Wildman–Crippen MR) is 130 cm³/mol. The van der Waals surface area contributed by atoms with E-state index in [9.17, 15) is 13.2 Å². The van der Waals surface area contributed by atoms with Crippen LogP contribution < -0.4 is 9.04 Å². The van der Waals surface area contributed by atoms with E-state index in [2.05, 4.69) is 4.98 Å². The van der Waals surface area contributed by atoms with Gasteiger partial charge in [0.1, 0.15) is 10.8 Å². The second-order valence-electron chi connectivity index (χ2n) is 7.43. The average molecular weight is 482 g/mol. The molecule has 3 aromatic carbocycles. The van der Waals surface area contributed by atoms with Crippen molar-refractivity contribution in [2.75, 3.05) is 25.5 Å². The highest BCUT2D eigenvalue weighted by atomic mass is 32.2. The van der Waals surface area contributed by atoms with Gasteiger partial charge in [0.2, 0.25) is 0 Å². The Kier molecular flexibility index (Phi) is 6.35. The first kappa shape index (κ1) is 22.8. The lowest BCUT2D eigenvalue weighted by Gasteiger charge is -2.21. The third-order valence-electron chi connectivity index (χ3n) is 5.23. The molecule has 4 rings (SSSR count). The molecule has 0 saturated carbocycles. The molecule has 0 saturated heterocycles. The number of sulfonamides is 1. The van der Waals surface area contributed by atoms with Crippen LogP contribution in [0.5, 0.6) is 5.75 Å². The van der Waals surface area contributed by atoms with Gasteiger partial charge in [0.05, 0.1) is 34.5 Å². The Morgan fingerprint density at radius 1 is 1.00 bits per heavy atom. The second kappa shape index (κ2) is 9.21. The molecule has 4 aromatic rings. The van der Waals surface area contributed by atoms with E-state index < -0.39 is 10.0 Å². The summed E-state index contributed by atoms with van der Waals surface area (Å²) in [5, 5.41) is 0.815. The summed E-state index contributed by atoms with van der Waals surface area (Å²) >= 11 is 1.53. The second-order valence-corrected chi connectivity index (χ2v) is 10.5. The number of fused-ring (bicyclic) bond motifs is 1. The molecule has 170 valence electrons. The molecular weight excluding hydrogens is 458 g/mol. The smallest absolute Gasteiger partial charge is 0.264 e. The standard InChI is InChI=1S/C24H23N3O4S2/c1-26(16-23-25-21-9-4-5-10-22(21)32-23)24(28)17-7-6-8-20(15-17)33(29,30)27(2)18-11-13-19(31-3)14-12-18/h4-15H,16H2,1-3H3. The van der Waals surface area contributed by atoms with Gasteiger partial charge in [-0.15, -0.1) is 11.3 Å². The summed E-state index contributed by atoms with van der Waals surface area (Å²) in [4.78, 5) is 19.2. The highest BCUT2D eigenvalue weighted by Gasteiger charge is 2.23. The molecule has 1 heterocycles. The van der Waals surface area contributed by atoms with Gasteiger partial charge in [-0.2, -0.15) is 0 Å². The minimum atomic E-state index is -3.86. The molecule has 33 heavy (non-hydrogen) atoms. The first-order valence-electron chi connectivity index (χ1n) is 10.1. The van der Waals surface area contributed by atoms with Gasteiger partial charge in [-0.3, -0.25) is 9.10 Å².